The van der Waals surface area contributed by atoms with Gasteiger partial charge in [-0.05, 0) is 40.9 Å². The van der Waals surface area contributed by atoms with Crippen LogP contribution in [0.2, 0.25) is 0 Å². The molecule has 0 unspecified atom stereocenters. The molecular formula is C11H11BrN2O3. The van der Waals surface area contributed by atoms with Gasteiger partial charge >= 0.3 is 5.97 Å². The number of aromatic nitrogens is 1. The van der Waals surface area contributed by atoms with Gasteiger partial charge in [0.25, 0.3) is 5.91 Å². The molecule has 1 aromatic rings. The predicted molar refractivity (Wildman–Crippen MR) is 63.6 cm³/mol. The van der Waals surface area contributed by atoms with E-state index in [-0.39, 0.29) is 18.5 Å². The molecule has 0 atom stereocenters. The molecule has 0 saturated heterocycles. The van der Waals surface area contributed by atoms with Crippen molar-refractivity contribution in [3.63, 3.8) is 0 Å². The van der Waals surface area contributed by atoms with Gasteiger partial charge in [-0.25, -0.2) is 4.98 Å². The molecule has 1 heterocycles. The Morgan fingerprint density at radius 1 is 1.53 bits per heavy atom. The molecule has 0 spiro atoms. The van der Waals surface area contributed by atoms with E-state index < -0.39 is 5.97 Å². The average Bonchev–Trinajstić information content (AvgIpc) is 3.09. The molecular weight excluding hydrogens is 288 g/mol. The van der Waals surface area contributed by atoms with Crippen LogP contribution in [0.3, 0.4) is 0 Å². The molecule has 1 amide bonds. The van der Waals surface area contributed by atoms with Crippen molar-refractivity contribution in [2.45, 2.75) is 18.9 Å². The highest BCUT2D eigenvalue weighted by atomic mass is 79.9. The zero-order valence-electron chi connectivity index (χ0n) is 8.97. The van der Waals surface area contributed by atoms with Crippen molar-refractivity contribution in [2.24, 2.45) is 0 Å². The molecule has 1 saturated carbocycles. The molecule has 0 aromatic carbocycles. The largest absolute Gasteiger partial charge is 0.480 e. The van der Waals surface area contributed by atoms with Crippen LogP contribution in [0, 0.1) is 0 Å². The Hall–Kier alpha value is -1.43. The van der Waals surface area contributed by atoms with Gasteiger partial charge in [0.05, 0.1) is 5.56 Å². The lowest BCUT2D eigenvalue weighted by atomic mass is 10.2. The maximum Gasteiger partial charge on any atom is 0.323 e. The lowest BCUT2D eigenvalue weighted by Gasteiger charge is -2.20. The highest BCUT2D eigenvalue weighted by Gasteiger charge is 2.34. The van der Waals surface area contributed by atoms with Crippen molar-refractivity contribution in [3.05, 3.63) is 28.5 Å². The van der Waals surface area contributed by atoms with Gasteiger partial charge in [-0.1, -0.05) is 0 Å². The minimum atomic E-state index is -0.995. The molecule has 1 aliphatic carbocycles. The van der Waals surface area contributed by atoms with E-state index in [1.54, 1.807) is 18.3 Å². The number of carbonyl (C=O) groups excluding carboxylic acids is 1. The van der Waals surface area contributed by atoms with Crippen molar-refractivity contribution in [3.8, 4) is 0 Å². The number of hydrogen-bond donors (Lipinski definition) is 1. The summed E-state index contributed by atoms with van der Waals surface area (Å²) in [7, 11) is 0. The fourth-order valence-electron chi connectivity index (χ4n) is 1.60. The molecule has 0 bridgehead atoms. The van der Waals surface area contributed by atoms with Crippen molar-refractivity contribution < 1.29 is 14.7 Å². The van der Waals surface area contributed by atoms with Gasteiger partial charge in [-0.15, -0.1) is 0 Å². The van der Waals surface area contributed by atoms with Crippen LogP contribution in [0.15, 0.2) is 22.9 Å². The maximum atomic E-state index is 12.2. The molecule has 2 rings (SSSR count). The number of halogens is 1. The van der Waals surface area contributed by atoms with E-state index in [0.717, 1.165) is 12.8 Å². The molecule has 5 nitrogen and oxygen atoms in total. The Balaban J connectivity index is 2.22. The number of carboxylic acids is 1. The SMILES string of the molecule is O=C(O)CN(C(=O)c1cccnc1Br)C1CC1. The Bertz CT molecular complexity index is 460. The average molecular weight is 299 g/mol. The second-order valence-corrected chi connectivity index (χ2v) is 4.65. The summed E-state index contributed by atoms with van der Waals surface area (Å²) in [5, 5.41) is 8.80. The number of carboxylic acid groups (broad SMARTS) is 1. The van der Waals surface area contributed by atoms with Crippen molar-refractivity contribution in [1.29, 1.82) is 0 Å². The highest BCUT2D eigenvalue weighted by molar-refractivity contribution is 9.10. The van der Waals surface area contributed by atoms with Gasteiger partial charge in [0.15, 0.2) is 0 Å². The van der Waals surface area contributed by atoms with E-state index in [1.165, 1.54) is 4.90 Å². The van der Waals surface area contributed by atoms with Crippen LogP contribution in [0.5, 0.6) is 0 Å². The number of aliphatic carboxylic acids is 1. The van der Waals surface area contributed by atoms with Gasteiger partial charge in [-0.2, -0.15) is 0 Å². The van der Waals surface area contributed by atoms with E-state index in [2.05, 4.69) is 20.9 Å². The number of hydrogen-bond acceptors (Lipinski definition) is 3. The Labute approximate surface area is 107 Å². The Morgan fingerprint density at radius 2 is 2.24 bits per heavy atom. The van der Waals surface area contributed by atoms with Crippen LogP contribution in [0.1, 0.15) is 23.2 Å². The third-order valence-electron chi connectivity index (χ3n) is 2.54. The van der Waals surface area contributed by atoms with Crippen LogP contribution >= 0.6 is 15.9 Å². The summed E-state index contributed by atoms with van der Waals surface area (Å²) in [4.78, 5) is 28.3. The molecule has 6 heteroatoms. The van der Waals surface area contributed by atoms with E-state index in [1.807, 2.05) is 0 Å². The summed E-state index contributed by atoms with van der Waals surface area (Å²) in [5.74, 6) is -1.28. The first-order valence-corrected chi connectivity index (χ1v) is 6.02. The zero-order chi connectivity index (χ0) is 12.4. The van der Waals surface area contributed by atoms with Gasteiger partial charge in [0, 0.05) is 12.2 Å². The fourth-order valence-corrected chi connectivity index (χ4v) is 2.02. The van der Waals surface area contributed by atoms with Gasteiger partial charge in [0.1, 0.15) is 11.1 Å². The van der Waals surface area contributed by atoms with Crippen molar-refractivity contribution >= 4 is 27.8 Å². The van der Waals surface area contributed by atoms with Gasteiger partial charge in [0.2, 0.25) is 0 Å². The first kappa shape index (κ1) is 12.0. The summed E-state index contributed by atoms with van der Waals surface area (Å²) < 4.78 is 0.445. The first-order valence-electron chi connectivity index (χ1n) is 5.23. The van der Waals surface area contributed by atoms with Crippen LogP contribution in [-0.2, 0) is 4.79 Å². The monoisotopic (exact) mass is 298 g/mol. The van der Waals surface area contributed by atoms with E-state index in [9.17, 15) is 9.59 Å². The summed E-state index contributed by atoms with van der Waals surface area (Å²) in [6, 6.07) is 3.35. The Morgan fingerprint density at radius 3 is 2.76 bits per heavy atom. The minimum Gasteiger partial charge on any atom is -0.480 e. The molecule has 1 N–H and O–H groups in total. The van der Waals surface area contributed by atoms with Crippen molar-refractivity contribution in [1.82, 2.24) is 9.88 Å². The summed E-state index contributed by atoms with van der Waals surface area (Å²) >= 11 is 3.19. The molecule has 1 aliphatic rings. The maximum absolute atomic E-state index is 12.2. The molecule has 17 heavy (non-hydrogen) atoms. The smallest absolute Gasteiger partial charge is 0.323 e. The van der Waals surface area contributed by atoms with Crippen LogP contribution in [-0.4, -0.2) is 39.5 Å². The quantitative estimate of drug-likeness (QED) is 0.856. The fraction of sp³-hybridized carbons (Fsp3) is 0.364. The molecule has 0 aliphatic heterocycles. The second-order valence-electron chi connectivity index (χ2n) is 3.90. The molecule has 90 valence electrons. The van der Waals surface area contributed by atoms with E-state index in [4.69, 9.17) is 5.11 Å². The van der Waals surface area contributed by atoms with Gasteiger partial charge in [-0.3, -0.25) is 9.59 Å². The van der Waals surface area contributed by atoms with Crippen LogP contribution < -0.4 is 0 Å². The van der Waals surface area contributed by atoms with E-state index >= 15 is 0 Å². The first-order chi connectivity index (χ1) is 8.09. The third kappa shape index (κ3) is 2.82. The number of carbonyl (C=O) groups is 2. The number of nitrogens with zero attached hydrogens (tertiary/aromatic N) is 2. The summed E-state index contributed by atoms with van der Waals surface area (Å²) in [6.07, 6.45) is 3.31. The third-order valence-corrected chi connectivity index (χ3v) is 3.18. The highest BCUT2D eigenvalue weighted by Crippen LogP contribution is 2.29. The minimum absolute atomic E-state index is 0.0608. The Kier molecular flexibility index (Phi) is 3.42. The lowest BCUT2D eigenvalue weighted by Crippen LogP contribution is -2.37. The lowest BCUT2D eigenvalue weighted by molar-refractivity contribution is -0.137. The molecule has 1 fully saturated rings. The normalized spacial score (nSPS) is 14.4. The van der Waals surface area contributed by atoms with Crippen LogP contribution in [0.25, 0.3) is 0 Å². The molecule has 0 radical (unpaired) electrons. The predicted octanol–water partition coefficient (Wildman–Crippen LogP) is 1.53. The second kappa shape index (κ2) is 4.83. The van der Waals surface area contributed by atoms with Crippen LogP contribution in [0.4, 0.5) is 0 Å². The molecule has 1 aromatic heterocycles. The van der Waals surface area contributed by atoms with Crippen molar-refractivity contribution in [2.75, 3.05) is 6.54 Å². The van der Waals surface area contributed by atoms with E-state index in [0.29, 0.717) is 10.2 Å². The number of rotatable bonds is 4. The van der Waals surface area contributed by atoms with Gasteiger partial charge < -0.3 is 10.0 Å². The zero-order valence-corrected chi connectivity index (χ0v) is 10.6. The number of pyridine rings is 1. The number of amides is 1. The summed E-state index contributed by atoms with van der Waals surface area (Å²) in [5.41, 5.74) is 0.403. The summed E-state index contributed by atoms with van der Waals surface area (Å²) in [6.45, 7) is -0.259. The standard InChI is InChI=1S/C11H11BrN2O3/c12-10-8(2-1-5-13-10)11(17)14(6-9(15)16)7-3-4-7/h1-2,5,7H,3-4,6H2,(H,15,16). The topological polar surface area (TPSA) is 70.5 Å².